The lowest BCUT2D eigenvalue weighted by atomic mass is 10.2. The molecule has 4 rings (SSSR count). The number of benzene rings is 3. The van der Waals surface area contributed by atoms with Crippen molar-refractivity contribution in [2.45, 2.75) is 12.1 Å². The SMILES string of the molecule is Cc1cccc(Oc2ccccc2NC(=O)CSc2nnc(-c3ccccc3F)n2C)c1. The Morgan fingerprint density at radius 3 is 2.66 bits per heavy atom. The summed E-state index contributed by atoms with van der Waals surface area (Å²) in [7, 11) is 1.74. The Bertz CT molecular complexity index is 1260. The van der Waals surface area contributed by atoms with Crippen LogP contribution in [-0.2, 0) is 11.8 Å². The van der Waals surface area contributed by atoms with Gasteiger partial charge in [-0.2, -0.15) is 0 Å². The van der Waals surface area contributed by atoms with Crippen molar-refractivity contribution in [3.8, 4) is 22.9 Å². The summed E-state index contributed by atoms with van der Waals surface area (Å²) in [5.41, 5.74) is 2.02. The van der Waals surface area contributed by atoms with E-state index < -0.39 is 0 Å². The number of halogens is 1. The number of thioether (sulfide) groups is 1. The van der Waals surface area contributed by atoms with E-state index in [0.717, 1.165) is 5.56 Å². The highest BCUT2D eigenvalue weighted by molar-refractivity contribution is 7.99. The van der Waals surface area contributed by atoms with Crippen molar-refractivity contribution in [3.05, 3.63) is 84.2 Å². The first-order valence-corrected chi connectivity index (χ1v) is 10.9. The molecule has 6 nitrogen and oxygen atoms in total. The summed E-state index contributed by atoms with van der Waals surface area (Å²) < 4.78 is 21.7. The fraction of sp³-hybridized carbons (Fsp3) is 0.125. The van der Waals surface area contributed by atoms with E-state index in [1.807, 2.05) is 43.3 Å². The van der Waals surface area contributed by atoms with Crippen molar-refractivity contribution in [2.24, 2.45) is 7.05 Å². The third-order valence-electron chi connectivity index (χ3n) is 4.66. The molecular formula is C24H21FN4O2S. The van der Waals surface area contributed by atoms with E-state index in [0.29, 0.717) is 33.7 Å². The molecule has 162 valence electrons. The van der Waals surface area contributed by atoms with Gasteiger partial charge in [0.2, 0.25) is 5.91 Å². The minimum absolute atomic E-state index is 0.113. The zero-order valence-electron chi connectivity index (χ0n) is 17.6. The summed E-state index contributed by atoms with van der Waals surface area (Å²) in [4.78, 5) is 12.6. The zero-order chi connectivity index (χ0) is 22.5. The molecule has 1 aromatic heterocycles. The number of para-hydroxylation sites is 2. The molecule has 0 aliphatic carbocycles. The summed E-state index contributed by atoms with van der Waals surface area (Å²) in [6.45, 7) is 1.99. The molecule has 0 saturated heterocycles. The normalized spacial score (nSPS) is 10.7. The molecule has 0 spiro atoms. The van der Waals surface area contributed by atoms with Gasteiger partial charge in [0.15, 0.2) is 16.7 Å². The van der Waals surface area contributed by atoms with Crippen LogP contribution < -0.4 is 10.1 Å². The van der Waals surface area contributed by atoms with Crippen LogP contribution in [-0.4, -0.2) is 26.4 Å². The average molecular weight is 449 g/mol. The van der Waals surface area contributed by atoms with Crippen molar-refractivity contribution in [2.75, 3.05) is 11.1 Å². The van der Waals surface area contributed by atoms with Gasteiger partial charge >= 0.3 is 0 Å². The van der Waals surface area contributed by atoms with Crippen molar-refractivity contribution in [1.82, 2.24) is 14.8 Å². The predicted octanol–water partition coefficient (Wildman–Crippen LogP) is 5.45. The summed E-state index contributed by atoms with van der Waals surface area (Å²) in [6.07, 6.45) is 0. The lowest BCUT2D eigenvalue weighted by Crippen LogP contribution is -2.15. The van der Waals surface area contributed by atoms with E-state index in [1.165, 1.54) is 17.8 Å². The van der Waals surface area contributed by atoms with Gasteiger partial charge in [0.1, 0.15) is 11.6 Å². The largest absolute Gasteiger partial charge is 0.455 e. The highest BCUT2D eigenvalue weighted by Gasteiger charge is 2.16. The number of hydrogen-bond acceptors (Lipinski definition) is 5. The van der Waals surface area contributed by atoms with Crippen molar-refractivity contribution >= 4 is 23.4 Å². The molecule has 32 heavy (non-hydrogen) atoms. The van der Waals surface area contributed by atoms with Crippen LogP contribution in [0.2, 0.25) is 0 Å². The number of carbonyl (C=O) groups excluding carboxylic acids is 1. The van der Waals surface area contributed by atoms with Gasteiger partial charge in [0.05, 0.1) is 17.0 Å². The second kappa shape index (κ2) is 9.65. The number of rotatable bonds is 7. The van der Waals surface area contributed by atoms with Crippen LogP contribution in [0.3, 0.4) is 0 Å². The van der Waals surface area contributed by atoms with E-state index in [1.54, 1.807) is 41.9 Å². The molecule has 0 atom stereocenters. The molecule has 0 fully saturated rings. The first-order chi connectivity index (χ1) is 15.5. The second-order valence-corrected chi connectivity index (χ2v) is 8.04. The number of aromatic nitrogens is 3. The molecule has 0 bridgehead atoms. The maximum Gasteiger partial charge on any atom is 0.234 e. The molecule has 1 heterocycles. The fourth-order valence-electron chi connectivity index (χ4n) is 3.10. The van der Waals surface area contributed by atoms with E-state index >= 15 is 0 Å². The van der Waals surface area contributed by atoms with Gasteiger partial charge in [-0.15, -0.1) is 10.2 Å². The summed E-state index contributed by atoms with van der Waals surface area (Å²) in [5, 5.41) is 11.6. The zero-order valence-corrected chi connectivity index (χ0v) is 18.4. The first-order valence-electron chi connectivity index (χ1n) is 9.92. The van der Waals surface area contributed by atoms with Gasteiger partial charge in [-0.05, 0) is 48.9 Å². The summed E-state index contributed by atoms with van der Waals surface area (Å²) in [6, 6.07) is 21.3. The molecule has 1 N–H and O–H groups in total. The second-order valence-electron chi connectivity index (χ2n) is 7.10. The van der Waals surface area contributed by atoms with Gasteiger partial charge in [-0.25, -0.2) is 4.39 Å². The Balaban J connectivity index is 1.42. The number of nitrogens with zero attached hydrogens (tertiary/aromatic N) is 3. The minimum Gasteiger partial charge on any atom is -0.455 e. The molecule has 8 heteroatoms. The monoisotopic (exact) mass is 448 g/mol. The smallest absolute Gasteiger partial charge is 0.234 e. The average Bonchev–Trinajstić information content (AvgIpc) is 3.14. The fourth-order valence-corrected chi connectivity index (χ4v) is 3.81. The maximum atomic E-state index is 14.1. The Labute approximate surface area is 189 Å². The van der Waals surface area contributed by atoms with Crippen LogP contribution in [0.25, 0.3) is 11.4 Å². The van der Waals surface area contributed by atoms with Crippen molar-refractivity contribution in [3.63, 3.8) is 0 Å². The molecule has 0 radical (unpaired) electrons. The number of aryl methyl sites for hydroxylation is 1. The van der Waals surface area contributed by atoms with Crippen LogP contribution in [0, 0.1) is 12.7 Å². The van der Waals surface area contributed by atoms with E-state index in [4.69, 9.17) is 4.74 Å². The molecule has 0 saturated carbocycles. The number of anilines is 1. The Kier molecular flexibility index (Phi) is 6.51. The number of amides is 1. The highest BCUT2D eigenvalue weighted by atomic mass is 32.2. The number of nitrogens with one attached hydrogen (secondary N) is 1. The van der Waals surface area contributed by atoms with E-state index in [-0.39, 0.29) is 17.5 Å². The highest BCUT2D eigenvalue weighted by Crippen LogP contribution is 2.30. The Morgan fingerprint density at radius 1 is 1.06 bits per heavy atom. The number of carbonyl (C=O) groups is 1. The quantitative estimate of drug-likeness (QED) is 0.381. The van der Waals surface area contributed by atoms with Gasteiger partial charge in [-0.3, -0.25) is 4.79 Å². The lowest BCUT2D eigenvalue weighted by molar-refractivity contribution is -0.113. The standard InChI is InChI=1S/C24H21FN4O2S/c1-16-8-7-9-17(14-16)31-21-13-6-5-12-20(21)26-22(30)15-32-24-28-27-23(29(24)2)18-10-3-4-11-19(18)25/h3-14H,15H2,1-2H3,(H,26,30). The van der Waals surface area contributed by atoms with Crippen LogP contribution in [0.5, 0.6) is 11.5 Å². The van der Waals surface area contributed by atoms with Gasteiger partial charge < -0.3 is 14.6 Å². The van der Waals surface area contributed by atoms with Crippen LogP contribution in [0.4, 0.5) is 10.1 Å². The molecule has 1 amide bonds. The third-order valence-corrected chi connectivity index (χ3v) is 5.68. The summed E-state index contributed by atoms with van der Waals surface area (Å²) >= 11 is 1.22. The van der Waals surface area contributed by atoms with Crippen molar-refractivity contribution in [1.29, 1.82) is 0 Å². The van der Waals surface area contributed by atoms with Crippen molar-refractivity contribution < 1.29 is 13.9 Å². The first kappa shape index (κ1) is 21.6. The Hall–Kier alpha value is -3.65. The predicted molar refractivity (Wildman–Crippen MR) is 123 cm³/mol. The molecule has 0 unspecified atom stereocenters. The molecule has 4 aromatic rings. The van der Waals surface area contributed by atoms with Gasteiger partial charge in [0, 0.05) is 7.05 Å². The molecule has 0 aliphatic rings. The number of hydrogen-bond donors (Lipinski definition) is 1. The lowest BCUT2D eigenvalue weighted by Gasteiger charge is -2.12. The molecule has 3 aromatic carbocycles. The topological polar surface area (TPSA) is 69.0 Å². The maximum absolute atomic E-state index is 14.1. The van der Waals surface area contributed by atoms with Crippen LogP contribution in [0.15, 0.2) is 78.0 Å². The minimum atomic E-state index is -0.373. The van der Waals surface area contributed by atoms with Crippen LogP contribution >= 0.6 is 11.8 Å². The van der Waals surface area contributed by atoms with Gasteiger partial charge in [-0.1, -0.05) is 48.2 Å². The summed E-state index contributed by atoms with van der Waals surface area (Å²) in [5.74, 6) is 1.18. The van der Waals surface area contributed by atoms with E-state index in [9.17, 15) is 9.18 Å². The van der Waals surface area contributed by atoms with E-state index in [2.05, 4.69) is 15.5 Å². The third kappa shape index (κ3) is 4.97. The number of ether oxygens (including phenoxy) is 1. The Morgan fingerprint density at radius 2 is 1.84 bits per heavy atom. The molecule has 0 aliphatic heterocycles. The van der Waals surface area contributed by atoms with Gasteiger partial charge in [0.25, 0.3) is 0 Å². The molecular weight excluding hydrogens is 427 g/mol. The van der Waals surface area contributed by atoms with Crippen LogP contribution in [0.1, 0.15) is 5.56 Å².